The highest BCUT2D eigenvalue weighted by atomic mass is 32.2. The Morgan fingerprint density at radius 3 is 3.07 bits per heavy atom. The van der Waals surface area contributed by atoms with Crippen LogP contribution in [0.3, 0.4) is 0 Å². The molecule has 0 bridgehead atoms. The minimum Gasteiger partial charge on any atom is -0.361 e. The average molecular weight is 428 g/mol. The lowest BCUT2D eigenvalue weighted by Crippen LogP contribution is -2.23. The number of hydrogen-bond donors (Lipinski definition) is 3. The Bertz CT molecular complexity index is 960. The Hall–Kier alpha value is -2.16. The average Bonchev–Trinajstić information content (AvgIpc) is 3.41. The third-order valence-corrected chi connectivity index (χ3v) is 6.77. The highest BCUT2D eigenvalue weighted by molar-refractivity contribution is 8.18. The van der Waals surface area contributed by atoms with E-state index in [1.165, 1.54) is 30.2 Å². The molecule has 0 saturated carbocycles. The van der Waals surface area contributed by atoms with E-state index < -0.39 is 0 Å². The van der Waals surface area contributed by atoms with Crippen LogP contribution in [0.15, 0.2) is 34.3 Å². The summed E-state index contributed by atoms with van der Waals surface area (Å²) in [5.41, 5.74) is 3.17. The van der Waals surface area contributed by atoms with Crippen molar-refractivity contribution in [2.24, 2.45) is 4.99 Å². The van der Waals surface area contributed by atoms with Crippen LogP contribution in [0.5, 0.6) is 0 Å². The van der Waals surface area contributed by atoms with Crippen molar-refractivity contribution in [2.45, 2.75) is 39.2 Å². The first-order valence-electron chi connectivity index (χ1n) is 9.87. The summed E-state index contributed by atoms with van der Waals surface area (Å²) in [5.74, 6) is -0.117. The number of anilines is 1. The molecule has 152 valence electrons. The van der Waals surface area contributed by atoms with Crippen molar-refractivity contribution in [3.63, 3.8) is 0 Å². The number of hydrogen-bond acceptors (Lipinski definition) is 7. The number of nitrogens with zero attached hydrogens (tertiary/aromatic N) is 2. The molecule has 29 heavy (non-hydrogen) atoms. The number of nitrogens with one attached hydrogen (secondary N) is 3. The van der Waals surface area contributed by atoms with Crippen LogP contribution in [0.2, 0.25) is 0 Å². The van der Waals surface area contributed by atoms with E-state index in [1.807, 2.05) is 25.1 Å². The Morgan fingerprint density at radius 1 is 1.38 bits per heavy atom. The molecule has 1 atom stereocenters. The lowest BCUT2D eigenvalue weighted by molar-refractivity contribution is -0.115. The summed E-state index contributed by atoms with van der Waals surface area (Å²) < 4.78 is 0. The highest BCUT2D eigenvalue weighted by Gasteiger charge is 2.24. The van der Waals surface area contributed by atoms with Gasteiger partial charge in [-0.05, 0) is 69.1 Å². The van der Waals surface area contributed by atoms with E-state index in [0.29, 0.717) is 16.1 Å². The normalized spacial score (nSPS) is 21.9. The Kier molecular flexibility index (Phi) is 6.32. The van der Waals surface area contributed by atoms with Crippen LogP contribution in [0.4, 0.5) is 10.8 Å². The van der Waals surface area contributed by atoms with Crippen LogP contribution >= 0.6 is 23.1 Å². The highest BCUT2D eigenvalue weighted by Crippen LogP contribution is 2.31. The van der Waals surface area contributed by atoms with Crippen LogP contribution in [-0.2, 0) is 4.79 Å². The molecule has 2 aromatic rings. The van der Waals surface area contributed by atoms with Crippen LogP contribution in [0.25, 0.3) is 6.08 Å². The van der Waals surface area contributed by atoms with Crippen LogP contribution in [0.1, 0.15) is 35.3 Å². The van der Waals surface area contributed by atoms with E-state index in [2.05, 4.69) is 38.9 Å². The summed E-state index contributed by atoms with van der Waals surface area (Å²) in [7, 11) is 0. The van der Waals surface area contributed by atoms with E-state index in [-0.39, 0.29) is 5.91 Å². The molecule has 0 spiro atoms. The maximum absolute atomic E-state index is 12.3. The molecule has 6 nitrogen and oxygen atoms in total. The van der Waals surface area contributed by atoms with Gasteiger partial charge in [0.2, 0.25) is 0 Å². The van der Waals surface area contributed by atoms with Crippen molar-refractivity contribution < 1.29 is 4.79 Å². The fraction of sp³-hybridized carbons (Fsp3) is 0.381. The van der Waals surface area contributed by atoms with E-state index >= 15 is 0 Å². The molecule has 1 amide bonds. The molecule has 0 aliphatic carbocycles. The second-order valence-corrected chi connectivity index (χ2v) is 9.44. The molecular weight excluding hydrogens is 402 g/mol. The van der Waals surface area contributed by atoms with Gasteiger partial charge in [-0.25, -0.2) is 9.98 Å². The zero-order valence-electron chi connectivity index (χ0n) is 16.6. The SMILES string of the molecule is Cc1ccc(/N=C2/NC(=O)/C(=C/c3cnc(NCCC4CCCN4)s3)S2)c(C)c1. The van der Waals surface area contributed by atoms with Gasteiger partial charge in [0.05, 0.1) is 15.5 Å². The molecule has 0 radical (unpaired) electrons. The van der Waals surface area contributed by atoms with Gasteiger partial charge < -0.3 is 16.0 Å². The van der Waals surface area contributed by atoms with Crippen LogP contribution < -0.4 is 16.0 Å². The van der Waals surface area contributed by atoms with Gasteiger partial charge in [0.1, 0.15) is 0 Å². The number of carbonyl (C=O) groups excluding carboxylic acids is 1. The van der Waals surface area contributed by atoms with Gasteiger partial charge in [0, 0.05) is 18.8 Å². The van der Waals surface area contributed by atoms with Crippen LogP contribution in [-0.4, -0.2) is 35.2 Å². The van der Waals surface area contributed by atoms with Crippen molar-refractivity contribution in [1.29, 1.82) is 0 Å². The van der Waals surface area contributed by atoms with E-state index in [1.54, 1.807) is 17.5 Å². The summed E-state index contributed by atoms with van der Waals surface area (Å²) >= 11 is 2.93. The molecule has 2 saturated heterocycles. The Balaban J connectivity index is 1.37. The zero-order chi connectivity index (χ0) is 20.2. The van der Waals surface area contributed by atoms with Gasteiger partial charge >= 0.3 is 0 Å². The second kappa shape index (κ2) is 9.11. The summed E-state index contributed by atoms with van der Waals surface area (Å²) in [5, 5.41) is 11.2. The smallest absolute Gasteiger partial charge is 0.264 e. The number of carbonyl (C=O) groups is 1. The molecule has 8 heteroatoms. The minimum absolute atomic E-state index is 0.117. The number of aromatic nitrogens is 1. The maximum Gasteiger partial charge on any atom is 0.264 e. The van der Waals surface area contributed by atoms with Gasteiger partial charge in [-0.2, -0.15) is 0 Å². The first kappa shape index (κ1) is 20.1. The fourth-order valence-electron chi connectivity index (χ4n) is 3.44. The third-order valence-electron chi connectivity index (χ3n) is 4.95. The van der Waals surface area contributed by atoms with E-state index in [4.69, 9.17) is 0 Å². The molecule has 2 fully saturated rings. The third kappa shape index (κ3) is 5.26. The van der Waals surface area contributed by atoms with E-state index in [9.17, 15) is 4.79 Å². The molecular formula is C21H25N5OS2. The number of rotatable bonds is 6. The van der Waals surface area contributed by atoms with Crippen molar-refractivity contribution >= 4 is 51.1 Å². The van der Waals surface area contributed by atoms with Gasteiger partial charge in [-0.1, -0.05) is 29.0 Å². The zero-order valence-corrected chi connectivity index (χ0v) is 18.3. The lowest BCUT2D eigenvalue weighted by Gasteiger charge is -2.09. The van der Waals surface area contributed by atoms with E-state index in [0.717, 1.165) is 40.8 Å². The summed E-state index contributed by atoms with van der Waals surface area (Å²) in [4.78, 5) is 22.9. The molecule has 3 heterocycles. The van der Waals surface area contributed by atoms with Crippen LogP contribution in [0, 0.1) is 13.8 Å². The Labute approximate surface area is 179 Å². The molecule has 2 aliphatic rings. The Morgan fingerprint density at radius 2 is 2.28 bits per heavy atom. The van der Waals surface area contributed by atoms with Gasteiger partial charge in [0.25, 0.3) is 5.91 Å². The van der Waals surface area contributed by atoms with Crippen molar-refractivity contribution in [1.82, 2.24) is 15.6 Å². The molecule has 3 N–H and O–H groups in total. The molecule has 1 aromatic carbocycles. The minimum atomic E-state index is -0.117. The first-order chi connectivity index (χ1) is 14.1. The summed E-state index contributed by atoms with van der Waals surface area (Å²) in [6.45, 7) is 6.12. The standard InChI is InChI=1S/C21H25N5OS2/c1-13-5-6-17(14(2)10-13)25-21-26-19(27)18(29-21)11-16-12-24-20(28-16)23-9-7-15-4-3-8-22-15/h5-6,10-12,15,22H,3-4,7-9H2,1-2H3,(H,23,24)(H,25,26,27)/b18-11-. The predicted octanol–water partition coefficient (Wildman–Crippen LogP) is 4.21. The van der Waals surface area contributed by atoms with Gasteiger partial charge in [0.15, 0.2) is 10.3 Å². The van der Waals surface area contributed by atoms with Crippen molar-refractivity contribution in [3.8, 4) is 0 Å². The van der Waals surface area contributed by atoms with Gasteiger partial charge in [-0.15, -0.1) is 0 Å². The molecule has 2 aliphatic heterocycles. The number of amidine groups is 1. The van der Waals surface area contributed by atoms with Gasteiger partial charge in [-0.3, -0.25) is 4.79 Å². The second-order valence-electron chi connectivity index (χ2n) is 7.35. The first-order valence-corrected chi connectivity index (χ1v) is 11.5. The largest absolute Gasteiger partial charge is 0.361 e. The van der Waals surface area contributed by atoms with Crippen molar-refractivity contribution in [3.05, 3.63) is 45.3 Å². The topological polar surface area (TPSA) is 78.4 Å². The number of thioether (sulfide) groups is 1. The number of aryl methyl sites for hydroxylation is 2. The monoisotopic (exact) mass is 427 g/mol. The fourth-order valence-corrected chi connectivity index (χ4v) is 5.13. The number of benzene rings is 1. The number of thiazole rings is 1. The lowest BCUT2D eigenvalue weighted by atomic mass is 10.1. The molecule has 4 rings (SSSR count). The predicted molar refractivity (Wildman–Crippen MR) is 123 cm³/mol. The summed E-state index contributed by atoms with van der Waals surface area (Å²) in [6, 6.07) is 6.72. The quantitative estimate of drug-likeness (QED) is 0.602. The molecule has 1 unspecified atom stereocenters. The summed E-state index contributed by atoms with van der Waals surface area (Å²) in [6.07, 6.45) is 7.32. The molecule has 1 aromatic heterocycles. The number of amides is 1. The van der Waals surface area contributed by atoms with Crippen molar-refractivity contribution in [2.75, 3.05) is 18.4 Å². The number of aliphatic imine (C=N–C) groups is 1. The maximum atomic E-state index is 12.3.